The number of carbonyl (C=O) groups is 1. The number of rotatable bonds is 6. The molecule has 1 aliphatic heterocycles. The van der Waals surface area contributed by atoms with Gasteiger partial charge in [-0.2, -0.15) is 0 Å². The highest BCUT2D eigenvalue weighted by Crippen LogP contribution is 2.29. The topological polar surface area (TPSA) is 32.3 Å². The Hall–Kier alpha value is -1.35. The fraction of sp³-hybridized carbons (Fsp3) is 0.650. The Labute approximate surface area is 140 Å². The molecule has 23 heavy (non-hydrogen) atoms. The van der Waals surface area contributed by atoms with Gasteiger partial charge in [-0.25, -0.2) is 0 Å². The molecule has 1 aromatic carbocycles. The fourth-order valence-electron chi connectivity index (χ4n) is 3.55. The zero-order valence-electron chi connectivity index (χ0n) is 14.6. The third kappa shape index (κ3) is 4.57. The standard InChI is InChI=1S/C20H30N2O/c1-20(2,14-16-6-4-3-5-7-16)19(23)22-12-10-18(11-13-22)21-15-17-8-9-17/h3-7,17-18,21H,8-15H2,1-2H3. The van der Waals surface area contributed by atoms with E-state index in [1.807, 2.05) is 18.2 Å². The molecule has 0 spiro atoms. The van der Waals surface area contributed by atoms with Gasteiger partial charge >= 0.3 is 0 Å². The number of nitrogens with zero attached hydrogens (tertiary/aromatic N) is 1. The maximum atomic E-state index is 12.9. The highest BCUT2D eigenvalue weighted by atomic mass is 16.2. The second-order valence-electron chi connectivity index (χ2n) is 7.96. The van der Waals surface area contributed by atoms with Crippen LogP contribution in [-0.2, 0) is 11.2 Å². The lowest BCUT2D eigenvalue weighted by atomic mass is 9.83. The van der Waals surface area contributed by atoms with Gasteiger partial charge in [0.15, 0.2) is 0 Å². The lowest BCUT2D eigenvalue weighted by molar-refractivity contribution is -0.141. The normalized spacial score (nSPS) is 19.8. The Balaban J connectivity index is 1.49. The van der Waals surface area contributed by atoms with Gasteiger partial charge in [-0.15, -0.1) is 0 Å². The number of hydrogen-bond acceptors (Lipinski definition) is 2. The number of hydrogen-bond donors (Lipinski definition) is 1. The van der Waals surface area contributed by atoms with Gasteiger partial charge in [-0.05, 0) is 50.1 Å². The lowest BCUT2D eigenvalue weighted by Gasteiger charge is -2.37. The molecule has 1 saturated heterocycles. The monoisotopic (exact) mass is 314 g/mol. The van der Waals surface area contributed by atoms with Gasteiger partial charge in [-0.3, -0.25) is 4.79 Å². The molecule has 0 unspecified atom stereocenters. The molecule has 0 atom stereocenters. The molecule has 126 valence electrons. The number of piperidine rings is 1. The molecule has 1 amide bonds. The van der Waals surface area contributed by atoms with E-state index in [4.69, 9.17) is 0 Å². The molecule has 0 aromatic heterocycles. The summed E-state index contributed by atoms with van der Waals surface area (Å²) in [5, 5.41) is 3.68. The van der Waals surface area contributed by atoms with Gasteiger partial charge in [0.25, 0.3) is 0 Å². The van der Waals surface area contributed by atoms with E-state index in [1.54, 1.807) is 0 Å². The van der Waals surface area contributed by atoms with Crippen LogP contribution < -0.4 is 5.32 Å². The largest absolute Gasteiger partial charge is 0.342 e. The molecule has 0 bridgehead atoms. The first-order valence-electron chi connectivity index (χ1n) is 9.11. The highest BCUT2D eigenvalue weighted by molar-refractivity contribution is 5.82. The molecule has 1 N–H and O–H groups in total. The number of carbonyl (C=O) groups excluding carboxylic acids is 1. The average molecular weight is 314 g/mol. The van der Waals surface area contributed by atoms with Gasteiger partial charge < -0.3 is 10.2 Å². The minimum absolute atomic E-state index is 0.307. The first-order chi connectivity index (χ1) is 11.0. The van der Waals surface area contributed by atoms with Crippen LogP contribution in [0.1, 0.15) is 45.1 Å². The van der Waals surface area contributed by atoms with Crippen LogP contribution in [0.25, 0.3) is 0 Å². The third-order valence-electron chi connectivity index (χ3n) is 5.24. The van der Waals surface area contributed by atoms with Crippen LogP contribution in [-0.4, -0.2) is 36.5 Å². The highest BCUT2D eigenvalue weighted by Gasteiger charge is 2.34. The molecule has 2 fully saturated rings. The summed E-state index contributed by atoms with van der Waals surface area (Å²) in [7, 11) is 0. The van der Waals surface area contributed by atoms with E-state index in [0.29, 0.717) is 11.9 Å². The Morgan fingerprint density at radius 2 is 1.78 bits per heavy atom. The van der Waals surface area contributed by atoms with Crippen LogP contribution in [0, 0.1) is 11.3 Å². The maximum absolute atomic E-state index is 12.9. The molecule has 3 nitrogen and oxygen atoms in total. The van der Waals surface area contributed by atoms with Crippen molar-refractivity contribution in [3.8, 4) is 0 Å². The van der Waals surface area contributed by atoms with Gasteiger partial charge in [0.2, 0.25) is 5.91 Å². The van der Waals surface area contributed by atoms with Crippen LogP contribution in [0.3, 0.4) is 0 Å². The van der Waals surface area contributed by atoms with Crippen LogP contribution in [0.2, 0.25) is 0 Å². The SMILES string of the molecule is CC(C)(Cc1ccccc1)C(=O)N1CCC(NCC2CC2)CC1. The Morgan fingerprint density at radius 3 is 2.39 bits per heavy atom. The van der Waals surface area contributed by atoms with Crippen molar-refractivity contribution in [2.75, 3.05) is 19.6 Å². The van der Waals surface area contributed by atoms with E-state index in [1.165, 1.54) is 24.9 Å². The van der Waals surface area contributed by atoms with Crippen molar-refractivity contribution in [1.29, 1.82) is 0 Å². The van der Waals surface area contributed by atoms with Gasteiger partial charge in [-0.1, -0.05) is 44.2 Å². The zero-order valence-corrected chi connectivity index (χ0v) is 14.6. The van der Waals surface area contributed by atoms with Crippen molar-refractivity contribution in [2.24, 2.45) is 11.3 Å². The Morgan fingerprint density at radius 1 is 1.13 bits per heavy atom. The van der Waals surface area contributed by atoms with Crippen molar-refractivity contribution < 1.29 is 4.79 Å². The van der Waals surface area contributed by atoms with E-state index in [-0.39, 0.29) is 5.41 Å². The van der Waals surface area contributed by atoms with Crippen LogP contribution in [0.5, 0.6) is 0 Å². The average Bonchev–Trinajstić information content (AvgIpc) is 3.38. The summed E-state index contributed by atoms with van der Waals surface area (Å²) >= 11 is 0. The summed E-state index contributed by atoms with van der Waals surface area (Å²) in [6, 6.07) is 11.0. The Kier molecular flexibility index (Phi) is 5.05. The molecule has 3 heteroatoms. The fourth-order valence-corrected chi connectivity index (χ4v) is 3.55. The smallest absolute Gasteiger partial charge is 0.228 e. The first-order valence-corrected chi connectivity index (χ1v) is 9.11. The number of benzene rings is 1. The van der Waals surface area contributed by atoms with Crippen molar-refractivity contribution in [2.45, 2.75) is 52.0 Å². The number of nitrogens with one attached hydrogen (secondary N) is 1. The molecular weight excluding hydrogens is 284 g/mol. The molecule has 2 aliphatic rings. The molecule has 1 aliphatic carbocycles. The zero-order chi connectivity index (χ0) is 16.3. The molecule has 1 heterocycles. The minimum Gasteiger partial charge on any atom is -0.342 e. The summed E-state index contributed by atoms with van der Waals surface area (Å²) < 4.78 is 0. The second kappa shape index (κ2) is 7.04. The first kappa shape index (κ1) is 16.5. The van der Waals surface area contributed by atoms with E-state index in [0.717, 1.165) is 38.3 Å². The lowest BCUT2D eigenvalue weighted by Crippen LogP contribution is -2.49. The van der Waals surface area contributed by atoms with E-state index in [9.17, 15) is 4.79 Å². The molecule has 1 saturated carbocycles. The molecule has 1 aromatic rings. The second-order valence-corrected chi connectivity index (χ2v) is 7.96. The quantitative estimate of drug-likeness (QED) is 0.874. The van der Waals surface area contributed by atoms with Crippen LogP contribution in [0.15, 0.2) is 30.3 Å². The summed E-state index contributed by atoms with van der Waals surface area (Å²) in [5.74, 6) is 1.24. The summed E-state index contributed by atoms with van der Waals surface area (Å²) in [5.41, 5.74) is 0.919. The van der Waals surface area contributed by atoms with Crippen molar-refractivity contribution >= 4 is 5.91 Å². The van der Waals surface area contributed by atoms with E-state index in [2.05, 4.69) is 36.2 Å². The minimum atomic E-state index is -0.324. The third-order valence-corrected chi connectivity index (χ3v) is 5.24. The molecule has 0 radical (unpaired) electrons. The predicted molar refractivity (Wildman–Crippen MR) is 94.3 cm³/mol. The van der Waals surface area contributed by atoms with E-state index >= 15 is 0 Å². The van der Waals surface area contributed by atoms with E-state index < -0.39 is 0 Å². The van der Waals surface area contributed by atoms with Gasteiger partial charge in [0.1, 0.15) is 0 Å². The van der Waals surface area contributed by atoms with Crippen molar-refractivity contribution in [1.82, 2.24) is 10.2 Å². The number of amides is 1. The molecular formula is C20H30N2O. The van der Waals surface area contributed by atoms with Crippen LogP contribution >= 0.6 is 0 Å². The maximum Gasteiger partial charge on any atom is 0.228 e. The number of likely N-dealkylation sites (tertiary alicyclic amines) is 1. The van der Waals surface area contributed by atoms with Gasteiger partial charge in [0, 0.05) is 24.5 Å². The Bertz CT molecular complexity index is 514. The van der Waals surface area contributed by atoms with Gasteiger partial charge in [0.05, 0.1) is 0 Å². The predicted octanol–water partition coefficient (Wildman–Crippen LogP) is 3.25. The van der Waals surface area contributed by atoms with Crippen LogP contribution in [0.4, 0.5) is 0 Å². The summed E-state index contributed by atoms with van der Waals surface area (Å²) in [6.07, 6.45) is 5.81. The molecule has 3 rings (SSSR count). The van der Waals surface area contributed by atoms with Crippen molar-refractivity contribution in [3.05, 3.63) is 35.9 Å². The summed E-state index contributed by atoms with van der Waals surface area (Å²) in [6.45, 7) is 7.15. The van der Waals surface area contributed by atoms with Crippen molar-refractivity contribution in [3.63, 3.8) is 0 Å². The summed E-state index contributed by atoms with van der Waals surface area (Å²) in [4.78, 5) is 15.0.